The van der Waals surface area contributed by atoms with Crippen molar-refractivity contribution < 1.29 is 4.52 Å². The third kappa shape index (κ3) is 1.73. The minimum atomic E-state index is -0.167. The smallest absolute Gasteiger partial charge is 0.234 e. The standard InChI is InChI=1S/C14H17N3O/c1-14(9-5-8-11(14)15)13-16-12(17-18-13)10-6-3-2-4-7-10/h2-4,6-7,11H,5,8-9,15H2,1H3. The summed E-state index contributed by atoms with van der Waals surface area (Å²) in [5, 5.41) is 4.07. The molecule has 2 atom stereocenters. The zero-order valence-corrected chi connectivity index (χ0v) is 10.5. The summed E-state index contributed by atoms with van der Waals surface area (Å²) in [5.74, 6) is 1.32. The van der Waals surface area contributed by atoms with Gasteiger partial charge in [-0.3, -0.25) is 0 Å². The summed E-state index contributed by atoms with van der Waals surface area (Å²) in [6.45, 7) is 2.12. The molecule has 0 radical (unpaired) electrons. The molecule has 1 heterocycles. The average Bonchev–Trinajstić information content (AvgIpc) is 3.00. The molecular weight excluding hydrogens is 226 g/mol. The number of aromatic nitrogens is 2. The van der Waals surface area contributed by atoms with Gasteiger partial charge in [0.2, 0.25) is 11.7 Å². The molecule has 1 aromatic carbocycles. The van der Waals surface area contributed by atoms with Crippen LogP contribution in [0.2, 0.25) is 0 Å². The van der Waals surface area contributed by atoms with Gasteiger partial charge in [-0.05, 0) is 19.8 Å². The van der Waals surface area contributed by atoms with Gasteiger partial charge in [-0.1, -0.05) is 41.9 Å². The van der Waals surface area contributed by atoms with Crippen LogP contribution >= 0.6 is 0 Å². The lowest BCUT2D eigenvalue weighted by Gasteiger charge is -2.23. The third-order valence-electron chi connectivity index (χ3n) is 3.98. The Morgan fingerprint density at radius 1 is 1.33 bits per heavy atom. The molecule has 3 rings (SSSR count). The quantitative estimate of drug-likeness (QED) is 0.880. The van der Waals surface area contributed by atoms with Gasteiger partial charge in [0.1, 0.15) is 0 Å². The van der Waals surface area contributed by atoms with Gasteiger partial charge < -0.3 is 10.3 Å². The molecule has 1 aromatic heterocycles. The molecule has 0 bridgehead atoms. The molecular formula is C14H17N3O. The van der Waals surface area contributed by atoms with E-state index in [2.05, 4.69) is 17.1 Å². The van der Waals surface area contributed by atoms with E-state index in [1.165, 1.54) is 0 Å². The SMILES string of the molecule is CC1(c2nc(-c3ccccc3)no2)CCCC1N. The molecule has 4 nitrogen and oxygen atoms in total. The van der Waals surface area contributed by atoms with Crippen molar-refractivity contribution in [2.75, 3.05) is 0 Å². The van der Waals surface area contributed by atoms with Crippen LogP contribution < -0.4 is 5.73 Å². The Balaban J connectivity index is 1.95. The molecule has 0 aliphatic heterocycles. The zero-order valence-electron chi connectivity index (χ0n) is 10.5. The maximum Gasteiger partial charge on any atom is 0.234 e. The van der Waals surface area contributed by atoms with E-state index in [1.807, 2.05) is 30.3 Å². The van der Waals surface area contributed by atoms with Crippen molar-refractivity contribution >= 4 is 0 Å². The van der Waals surface area contributed by atoms with Crippen molar-refractivity contribution in [1.29, 1.82) is 0 Å². The largest absolute Gasteiger partial charge is 0.338 e. The maximum absolute atomic E-state index is 6.17. The molecule has 2 aromatic rings. The number of benzene rings is 1. The molecule has 2 N–H and O–H groups in total. The van der Waals surface area contributed by atoms with Gasteiger partial charge in [-0.15, -0.1) is 0 Å². The van der Waals surface area contributed by atoms with Crippen molar-refractivity contribution in [3.05, 3.63) is 36.2 Å². The summed E-state index contributed by atoms with van der Waals surface area (Å²) in [6, 6.07) is 9.97. The first-order valence-corrected chi connectivity index (χ1v) is 6.35. The minimum absolute atomic E-state index is 0.113. The lowest BCUT2D eigenvalue weighted by Crippen LogP contribution is -2.38. The fourth-order valence-electron chi connectivity index (χ4n) is 2.62. The van der Waals surface area contributed by atoms with Crippen LogP contribution in [-0.4, -0.2) is 16.2 Å². The molecule has 18 heavy (non-hydrogen) atoms. The van der Waals surface area contributed by atoms with Gasteiger partial charge in [-0.25, -0.2) is 0 Å². The molecule has 1 aliphatic carbocycles. The van der Waals surface area contributed by atoms with Crippen LogP contribution in [0.5, 0.6) is 0 Å². The number of hydrogen-bond donors (Lipinski definition) is 1. The predicted molar refractivity (Wildman–Crippen MR) is 68.9 cm³/mol. The number of hydrogen-bond acceptors (Lipinski definition) is 4. The molecule has 0 saturated heterocycles. The van der Waals surface area contributed by atoms with Crippen LogP contribution in [0.4, 0.5) is 0 Å². The van der Waals surface area contributed by atoms with Gasteiger partial charge in [0.05, 0.1) is 5.41 Å². The summed E-state index contributed by atoms with van der Waals surface area (Å²) in [5.41, 5.74) is 6.97. The van der Waals surface area contributed by atoms with Crippen LogP contribution in [0.15, 0.2) is 34.9 Å². The highest BCUT2D eigenvalue weighted by Crippen LogP contribution is 2.39. The fraction of sp³-hybridized carbons (Fsp3) is 0.429. The van der Waals surface area contributed by atoms with Gasteiger partial charge in [0, 0.05) is 11.6 Å². The molecule has 1 saturated carbocycles. The van der Waals surface area contributed by atoms with Crippen LogP contribution in [0.1, 0.15) is 32.1 Å². The summed E-state index contributed by atoms with van der Waals surface area (Å²) < 4.78 is 5.44. The second kappa shape index (κ2) is 4.21. The van der Waals surface area contributed by atoms with Gasteiger partial charge in [-0.2, -0.15) is 4.98 Å². The molecule has 1 aliphatic rings. The first kappa shape index (κ1) is 11.4. The Kier molecular flexibility index (Phi) is 2.67. The first-order chi connectivity index (χ1) is 8.70. The second-order valence-corrected chi connectivity index (χ2v) is 5.21. The number of rotatable bonds is 2. The van der Waals surface area contributed by atoms with Crippen LogP contribution in [0.25, 0.3) is 11.4 Å². The van der Waals surface area contributed by atoms with E-state index < -0.39 is 0 Å². The van der Waals surface area contributed by atoms with E-state index in [0.29, 0.717) is 11.7 Å². The van der Waals surface area contributed by atoms with Crippen LogP contribution in [0.3, 0.4) is 0 Å². The van der Waals surface area contributed by atoms with Gasteiger partial charge >= 0.3 is 0 Å². The normalized spacial score (nSPS) is 27.6. The Morgan fingerprint density at radius 3 is 2.78 bits per heavy atom. The molecule has 0 amide bonds. The van der Waals surface area contributed by atoms with Crippen molar-refractivity contribution in [3.8, 4) is 11.4 Å². The van der Waals surface area contributed by atoms with E-state index in [9.17, 15) is 0 Å². The highest BCUT2D eigenvalue weighted by Gasteiger charge is 2.42. The molecule has 2 unspecified atom stereocenters. The van der Waals surface area contributed by atoms with Crippen molar-refractivity contribution in [3.63, 3.8) is 0 Å². The molecule has 4 heteroatoms. The molecule has 0 spiro atoms. The summed E-state index contributed by atoms with van der Waals surface area (Å²) in [6.07, 6.45) is 3.17. The highest BCUT2D eigenvalue weighted by atomic mass is 16.5. The zero-order chi connectivity index (χ0) is 12.6. The molecule has 1 fully saturated rings. The summed E-state index contributed by atoms with van der Waals surface area (Å²) in [7, 11) is 0. The monoisotopic (exact) mass is 243 g/mol. The predicted octanol–water partition coefficient (Wildman–Crippen LogP) is 2.51. The Morgan fingerprint density at radius 2 is 2.11 bits per heavy atom. The average molecular weight is 243 g/mol. The third-order valence-corrected chi connectivity index (χ3v) is 3.98. The lowest BCUT2D eigenvalue weighted by molar-refractivity contribution is 0.278. The minimum Gasteiger partial charge on any atom is -0.338 e. The summed E-state index contributed by atoms with van der Waals surface area (Å²) >= 11 is 0. The maximum atomic E-state index is 6.17. The second-order valence-electron chi connectivity index (χ2n) is 5.21. The van der Waals surface area contributed by atoms with Crippen LogP contribution in [-0.2, 0) is 5.41 Å². The first-order valence-electron chi connectivity index (χ1n) is 6.35. The van der Waals surface area contributed by atoms with E-state index >= 15 is 0 Å². The van der Waals surface area contributed by atoms with Gasteiger partial charge in [0.15, 0.2) is 0 Å². The van der Waals surface area contributed by atoms with Crippen molar-refractivity contribution in [2.45, 2.75) is 37.6 Å². The van der Waals surface area contributed by atoms with Gasteiger partial charge in [0.25, 0.3) is 0 Å². The Bertz CT molecular complexity index is 537. The van der Waals surface area contributed by atoms with E-state index in [-0.39, 0.29) is 11.5 Å². The topological polar surface area (TPSA) is 64.9 Å². The van der Waals surface area contributed by atoms with E-state index in [0.717, 1.165) is 24.8 Å². The van der Waals surface area contributed by atoms with Crippen molar-refractivity contribution in [2.24, 2.45) is 5.73 Å². The highest BCUT2D eigenvalue weighted by molar-refractivity contribution is 5.53. The fourth-order valence-corrected chi connectivity index (χ4v) is 2.62. The van der Waals surface area contributed by atoms with E-state index in [4.69, 9.17) is 10.3 Å². The lowest BCUT2D eigenvalue weighted by atomic mass is 9.85. The summed E-state index contributed by atoms with van der Waals surface area (Å²) in [4.78, 5) is 4.53. The number of nitrogens with two attached hydrogens (primary N) is 1. The van der Waals surface area contributed by atoms with E-state index in [1.54, 1.807) is 0 Å². The van der Waals surface area contributed by atoms with Crippen LogP contribution in [0, 0.1) is 0 Å². The Hall–Kier alpha value is -1.68. The van der Waals surface area contributed by atoms with Crippen molar-refractivity contribution in [1.82, 2.24) is 10.1 Å². The Labute approximate surface area is 106 Å². The molecule has 94 valence electrons. The number of nitrogens with zero attached hydrogens (tertiary/aromatic N) is 2.